The van der Waals surface area contributed by atoms with Gasteiger partial charge in [0, 0.05) is 68.4 Å². The monoisotopic (exact) mass is 474 g/mol. The summed E-state index contributed by atoms with van der Waals surface area (Å²) in [5, 5.41) is 12.5. The second-order valence-electron chi connectivity index (χ2n) is 8.94. The number of benzene rings is 1. The quantitative estimate of drug-likeness (QED) is 0.589. The molecular weight excluding hydrogens is 448 g/mol. The Labute approximate surface area is 202 Å². The zero-order chi connectivity index (χ0) is 23.8. The molecule has 180 valence electrons. The second kappa shape index (κ2) is 8.70. The lowest BCUT2D eigenvalue weighted by atomic mass is 9.84. The van der Waals surface area contributed by atoms with E-state index in [1.165, 1.54) is 4.90 Å². The summed E-state index contributed by atoms with van der Waals surface area (Å²) in [6, 6.07) is 11.8. The zero-order valence-electron chi connectivity index (χ0n) is 19.2. The van der Waals surface area contributed by atoms with Gasteiger partial charge in [-0.3, -0.25) is 4.98 Å². The van der Waals surface area contributed by atoms with Gasteiger partial charge in [0.2, 0.25) is 5.95 Å². The number of aromatic nitrogens is 3. The first-order chi connectivity index (χ1) is 17.1. The van der Waals surface area contributed by atoms with Crippen LogP contribution in [-0.4, -0.2) is 70.4 Å². The Morgan fingerprint density at radius 1 is 1.03 bits per heavy atom. The summed E-state index contributed by atoms with van der Waals surface area (Å²) in [5.74, 6) is 1.26. The number of pyridine rings is 1. The van der Waals surface area contributed by atoms with Gasteiger partial charge in [-0.1, -0.05) is 0 Å². The molecule has 0 radical (unpaired) electrons. The summed E-state index contributed by atoms with van der Waals surface area (Å²) >= 11 is 0. The highest BCUT2D eigenvalue weighted by Crippen LogP contribution is 2.47. The van der Waals surface area contributed by atoms with E-state index in [1.54, 1.807) is 6.20 Å². The average Bonchev–Trinajstić information content (AvgIpc) is 2.90. The molecule has 0 saturated carbocycles. The molecule has 10 nitrogen and oxygen atoms in total. The van der Waals surface area contributed by atoms with E-state index < -0.39 is 11.7 Å². The number of hydrogen-bond donors (Lipinski definition) is 2. The fourth-order valence-electron chi connectivity index (χ4n) is 4.98. The smallest absolute Gasteiger partial charge is 0.407 e. The van der Waals surface area contributed by atoms with Crippen molar-refractivity contribution in [3.05, 3.63) is 54.5 Å². The molecule has 2 N–H and O–H groups in total. The lowest BCUT2D eigenvalue weighted by Crippen LogP contribution is -2.48. The van der Waals surface area contributed by atoms with Crippen LogP contribution in [0.25, 0.3) is 11.3 Å². The van der Waals surface area contributed by atoms with Crippen LogP contribution in [0.3, 0.4) is 0 Å². The predicted molar refractivity (Wildman–Crippen MR) is 129 cm³/mol. The number of anilines is 3. The Balaban J connectivity index is 1.23. The Morgan fingerprint density at radius 3 is 2.54 bits per heavy atom. The van der Waals surface area contributed by atoms with Gasteiger partial charge in [-0.25, -0.2) is 14.8 Å². The van der Waals surface area contributed by atoms with Gasteiger partial charge in [-0.05, 0) is 36.4 Å². The summed E-state index contributed by atoms with van der Waals surface area (Å²) in [5.41, 5.74) is 3.88. The highest BCUT2D eigenvalue weighted by Gasteiger charge is 2.44. The van der Waals surface area contributed by atoms with Crippen molar-refractivity contribution in [3.63, 3.8) is 0 Å². The highest BCUT2D eigenvalue weighted by atomic mass is 16.5. The number of carboxylic acid groups (broad SMARTS) is 1. The van der Waals surface area contributed by atoms with Gasteiger partial charge in [0.25, 0.3) is 0 Å². The largest absolute Gasteiger partial charge is 0.478 e. The standard InChI is InChI=1S/C25H26N6O4/c32-24(33)31-12-10-30(11-13-31)18-5-3-17(4-6-18)28-23-27-16-19-21-20(2-1-9-26-21)35-25(22(19)29-23)7-14-34-15-8-25/h1-6,9,16H,7-8,10-15H2,(H,32,33)(H,27,28,29). The van der Waals surface area contributed by atoms with Crippen molar-refractivity contribution >= 4 is 23.4 Å². The number of amides is 1. The summed E-state index contributed by atoms with van der Waals surface area (Å²) < 4.78 is 12.1. The number of nitrogens with one attached hydrogen (secondary N) is 1. The molecule has 10 heteroatoms. The zero-order valence-corrected chi connectivity index (χ0v) is 19.2. The van der Waals surface area contributed by atoms with Crippen LogP contribution in [0, 0.1) is 0 Å². The minimum Gasteiger partial charge on any atom is -0.478 e. The molecule has 6 rings (SSSR count). The van der Waals surface area contributed by atoms with E-state index in [-0.39, 0.29) is 0 Å². The molecule has 1 amide bonds. The van der Waals surface area contributed by atoms with Gasteiger partial charge >= 0.3 is 6.09 Å². The molecule has 35 heavy (non-hydrogen) atoms. The summed E-state index contributed by atoms with van der Waals surface area (Å²) in [6.45, 7) is 3.59. The van der Waals surface area contributed by atoms with Gasteiger partial charge in [0.1, 0.15) is 11.4 Å². The minimum atomic E-state index is -0.860. The van der Waals surface area contributed by atoms with E-state index in [9.17, 15) is 4.79 Å². The SMILES string of the molecule is O=C(O)N1CCN(c2ccc(Nc3ncc4c(n3)C3(CCOCC3)Oc3cccnc3-4)cc2)CC1. The molecule has 3 aliphatic heterocycles. The molecule has 0 aliphatic carbocycles. The predicted octanol–water partition coefficient (Wildman–Crippen LogP) is 3.48. The van der Waals surface area contributed by atoms with Gasteiger partial charge in [0.15, 0.2) is 5.60 Å². The third kappa shape index (κ3) is 3.99. The highest BCUT2D eigenvalue weighted by molar-refractivity contribution is 5.72. The minimum absolute atomic E-state index is 0.500. The fourth-order valence-corrected chi connectivity index (χ4v) is 4.98. The Hall–Kier alpha value is -3.92. The molecule has 0 unspecified atom stereocenters. The van der Waals surface area contributed by atoms with Crippen molar-refractivity contribution in [3.8, 4) is 17.0 Å². The third-order valence-corrected chi connectivity index (χ3v) is 6.89. The normalized spacial score (nSPS) is 18.4. The number of piperazine rings is 1. The second-order valence-corrected chi connectivity index (χ2v) is 8.94. The van der Waals surface area contributed by atoms with Gasteiger partial charge in [-0.15, -0.1) is 0 Å². The molecule has 3 aromatic rings. The number of fused-ring (bicyclic) bond motifs is 4. The molecule has 0 atom stereocenters. The maximum Gasteiger partial charge on any atom is 0.407 e. The van der Waals surface area contributed by atoms with Crippen molar-refractivity contribution in [1.82, 2.24) is 19.9 Å². The van der Waals surface area contributed by atoms with E-state index in [4.69, 9.17) is 19.6 Å². The summed E-state index contributed by atoms with van der Waals surface area (Å²) in [7, 11) is 0. The van der Waals surface area contributed by atoms with E-state index >= 15 is 0 Å². The fraction of sp³-hybridized carbons (Fsp3) is 0.360. The van der Waals surface area contributed by atoms with E-state index in [2.05, 4.69) is 20.2 Å². The first-order valence-corrected chi connectivity index (χ1v) is 11.8. The average molecular weight is 475 g/mol. The molecule has 1 spiro atoms. The number of hydrogen-bond acceptors (Lipinski definition) is 8. The van der Waals surface area contributed by atoms with Crippen LogP contribution in [-0.2, 0) is 10.3 Å². The van der Waals surface area contributed by atoms with Crippen molar-refractivity contribution in [2.75, 3.05) is 49.6 Å². The topological polar surface area (TPSA) is 113 Å². The summed E-state index contributed by atoms with van der Waals surface area (Å²) in [4.78, 5) is 28.8. The lowest BCUT2D eigenvalue weighted by molar-refractivity contribution is -0.0542. The molecule has 3 aliphatic rings. The molecule has 5 heterocycles. The van der Waals surface area contributed by atoms with Crippen LogP contribution in [0.5, 0.6) is 5.75 Å². The molecule has 0 bridgehead atoms. The Kier molecular flexibility index (Phi) is 5.37. The molecule has 1 aromatic carbocycles. The van der Waals surface area contributed by atoms with E-state index in [0.29, 0.717) is 58.2 Å². The van der Waals surface area contributed by atoms with Crippen LogP contribution in [0.4, 0.5) is 22.1 Å². The Morgan fingerprint density at radius 2 is 1.80 bits per heavy atom. The third-order valence-electron chi connectivity index (χ3n) is 6.89. The van der Waals surface area contributed by atoms with Crippen molar-refractivity contribution < 1.29 is 19.4 Å². The molecule has 2 aromatic heterocycles. The number of carbonyl (C=O) groups is 1. The van der Waals surface area contributed by atoms with E-state index in [1.807, 2.05) is 42.6 Å². The van der Waals surface area contributed by atoms with Crippen molar-refractivity contribution in [2.45, 2.75) is 18.4 Å². The molecule has 2 saturated heterocycles. The first-order valence-electron chi connectivity index (χ1n) is 11.8. The van der Waals surface area contributed by atoms with E-state index in [0.717, 1.165) is 34.1 Å². The van der Waals surface area contributed by atoms with Crippen molar-refractivity contribution in [1.29, 1.82) is 0 Å². The van der Waals surface area contributed by atoms with Crippen molar-refractivity contribution in [2.24, 2.45) is 0 Å². The summed E-state index contributed by atoms with van der Waals surface area (Å²) in [6.07, 6.45) is 4.15. The van der Waals surface area contributed by atoms with Crippen LogP contribution in [0.2, 0.25) is 0 Å². The maximum atomic E-state index is 11.1. The maximum absolute atomic E-state index is 11.1. The number of ether oxygens (including phenoxy) is 2. The van der Waals surface area contributed by atoms with Crippen LogP contribution >= 0.6 is 0 Å². The van der Waals surface area contributed by atoms with Gasteiger partial charge < -0.3 is 29.7 Å². The molecule has 2 fully saturated rings. The first kappa shape index (κ1) is 21.6. The van der Waals surface area contributed by atoms with Crippen LogP contribution < -0.4 is 15.0 Å². The molecular formula is C25H26N6O4. The van der Waals surface area contributed by atoms with Gasteiger partial charge in [0.05, 0.1) is 18.9 Å². The number of nitrogens with zero attached hydrogens (tertiary/aromatic N) is 5. The van der Waals surface area contributed by atoms with Crippen LogP contribution in [0.15, 0.2) is 48.8 Å². The number of rotatable bonds is 3. The van der Waals surface area contributed by atoms with Gasteiger partial charge in [-0.2, -0.15) is 0 Å². The lowest BCUT2D eigenvalue weighted by Gasteiger charge is -2.41. The Bertz CT molecular complexity index is 1240. The van der Waals surface area contributed by atoms with Crippen LogP contribution in [0.1, 0.15) is 18.5 Å².